The third-order valence-electron chi connectivity index (χ3n) is 2.04. The maximum absolute atomic E-state index is 5.30. The molecule has 0 aromatic carbocycles. The lowest BCUT2D eigenvalue weighted by Gasteiger charge is -2.32. The van der Waals surface area contributed by atoms with E-state index in [-0.39, 0.29) is 0 Å². The Morgan fingerprint density at radius 2 is 2.09 bits per heavy atom. The highest BCUT2D eigenvalue weighted by molar-refractivity contribution is 4.79. The Balaban J connectivity index is 1.89. The molecule has 0 heterocycles. The zero-order chi connectivity index (χ0) is 8.27. The van der Waals surface area contributed by atoms with E-state index in [1.54, 1.807) is 0 Å². The quantitative estimate of drug-likeness (QED) is 0.630. The molecule has 2 nitrogen and oxygen atoms in total. The average molecular weight is 157 g/mol. The smallest absolute Gasteiger partial charge is 0.0705 e. The van der Waals surface area contributed by atoms with E-state index < -0.39 is 0 Å². The monoisotopic (exact) mass is 157 g/mol. The van der Waals surface area contributed by atoms with Crippen molar-refractivity contribution in [3.63, 3.8) is 0 Å². The third kappa shape index (κ3) is 3.21. The van der Waals surface area contributed by atoms with Crippen LogP contribution in [0.3, 0.4) is 0 Å². The molecule has 1 aliphatic carbocycles. The molecule has 2 heteroatoms. The minimum Gasteiger partial charge on any atom is -0.301 e. The fourth-order valence-electron chi connectivity index (χ4n) is 1.33. The third-order valence-corrected chi connectivity index (χ3v) is 2.04. The second kappa shape index (κ2) is 4.07. The highest BCUT2D eigenvalue weighted by Gasteiger charge is 2.24. The second-order valence-electron chi connectivity index (χ2n) is 4.10. The van der Waals surface area contributed by atoms with Gasteiger partial charge in [-0.2, -0.15) is 5.48 Å². The summed E-state index contributed by atoms with van der Waals surface area (Å²) in [4.78, 5) is 5.30. The summed E-state index contributed by atoms with van der Waals surface area (Å²) in [5.41, 5.74) is 3.08. The van der Waals surface area contributed by atoms with Crippen molar-refractivity contribution in [1.29, 1.82) is 0 Å². The van der Waals surface area contributed by atoms with Crippen molar-refractivity contribution in [3.8, 4) is 0 Å². The van der Waals surface area contributed by atoms with Gasteiger partial charge in [-0.3, -0.25) is 0 Å². The molecule has 1 N–H and O–H groups in total. The van der Waals surface area contributed by atoms with Crippen molar-refractivity contribution in [2.24, 2.45) is 11.8 Å². The molecule has 0 saturated heterocycles. The molecule has 0 bridgehead atoms. The summed E-state index contributed by atoms with van der Waals surface area (Å²) in [6, 6.07) is 0.628. The molecule has 0 aliphatic heterocycles. The van der Waals surface area contributed by atoms with Crippen LogP contribution in [0.4, 0.5) is 0 Å². The molecule has 0 aromatic heterocycles. The Morgan fingerprint density at radius 1 is 1.45 bits per heavy atom. The Hall–Kier alpha value is -0.0800. The van der Waals surface area contributed by atoms with Crippen molar-refractivity contribution in [1.82, 2.24) is 5.48 Å². The Bertz CT molecular complexity index is 108. The van der Waals surface area contributed by atoms with E-state index in [4.69, 9.17) is 4.84 Å². The second-order valence-corrected chi connectivity index (χ2v) is 4.10. The van der Waals surface area contributed by atoms with E-state index in [2.05, 4.69) is 26.3 Å². The van der Waals surface area contributed by atoms with Gasteiger partial charge in [0.05, 0.1) is 6.61 Å². The summed E-state index contributed by atoms with van der Waals surface area (Å²) in [5, 5.41) is 0. The molecule has 0 atom stereocenters. The van der Waals surface area contributed by atoms with Crippen LogP contribution < -0.4 is 5.48 Å². The first-order valence-electron chi connectivity index (χ1n) is 4.55. The summed E-state index contributed by atoms with van der Waals surface area (Å²) in [7, 11) is 0. The lowest BCUT2D eigenvalue weighted by Crippen LogP contribution is -2.40. The van der Waals surface area contributed by atoms with Gasteiger partial charge in [-0.1, -0.05) is 20.8 Å². The van der Waals surface area contributed by atoms with Gasteiger partial charge in [0.2, 0.25) is 0 Å². The zero-order valence-corrected chi connectivity index (χ0v) is 7.76. The predicted molar refractivity (Wildman–Crippen MR) is 46.1 cm³/mol. The van der Waals surface area contributed by atoms with Crippen LogP contribution in [0.25, 0.3) is 0 Å². The minimum absolute atomic E-state index is 0.625. The first-order chi connectivity index (χ1) is 5.18. The van der Waals surface area contributed by atoms with E-state index in [9.17, 15) is 0 Å². The van der Waals surface area contributed by atoms with Gasteiger partial charge in [-0.25, -0.2) is 0 Å². The van der Waals surface area contributed by atoms with Gasteiger partial charge in [0.15, 0.2) is 0 Å². The van der Waals surface area contributed by atoms with Crippen LogP contribution in [0.1, 0.15) is 33.6 Å². The van der Waals surface area contributed by atoms with Crippen LogP contribution in [0.5, 0.6) is 0 Å². The maximum atomic E-state index is 5.30. The van der Waals surface area contributed by atoms with Crippen molar-refractivity contribution in [2.45, 2.75) is 39.7 Å². The molecule has 0 unspecified atom stereocenters. The van der Waals surface area contributed by atoms with Crippen molar-refractivity contribution in [3.05, 3.63) is 0 Å². The normalized spacial score (nSPS) is 30.5. The molecule has 0 spiro atoms. The highest BCUT2D eigenvalue weighted by atomic mass is 16.6. The number of hydrogen-bond donors (Lipinski definition) is 1. The summed E-state index contributed by atoms with van der Waals surface area (Å²) < 4.78 is 0. The number of hydrogen-bond acceptors (Lipinski definition) is 2. The largest absolute Gasteiger partial charge is 0.301 e. The van der Waals surface area contributed by atoms with E-state index in [1.807, 2.05) is 0 Å². The predicted octanol–water partition coefficient (Wildman–Crippen LogP) is 1.96. The minimum atomic E-state index is 0.625. The van der Waals surface area contributed by atoms with Crippen molar-refractivity contribution < 1.29 is 4.84 Å². The molecule has 1 saturated carbocycles. The van der Waals surface area contributed by atoms with Crippen LogP contribution in [-0.2, 0) is 4.84 Å². The molecule has 0 aromatic rings. The highest BCUT2D eigenvalue weighted by Crippen LogP contribution is 2.25. The molecule has 66 valence electrons. The Morgan fingerprint density at radius 3 is 2.55 bits per heavy atom. The van der Waals surface area contributed by atoms with Crippen LogP contribution in [0.15, 0.2) is 0 Å². The molecule has 0 radical (unpaired) electrons. The summed E-state index contributed by atoms with van der Waals surface area (Å²) >= 11 is 0. The van der Waals surface area contributed by atoms with Gasteiger partial charge in [0.1, 0.15) is 0 Å². The van der Waals surface area contributed by atoms with Gasteiger partial charge in [-0.05, 0) is 24.7 Å². The number of nitrogens with one attached hydrogen (secondary N) is 1. The molecule has 1 rings (SSSR count). The first-order valence-corrected chi connectivity index (χ1v) is 4.55. The van der Waals surface area contributed by atoms with Gasteiger partial charge in [0, 0.05) is 6.04 Å². The molecular weight excluding hydrogens is 138 g/mol. The van der Waals surface area contributed by atoms with E-state index in [1.165, 1.54) is 12.8 Å². The van der Waals surface area contributed by atoms with Crippen LogP contribution >= 0.6 is 0 Å². The van der Waals surface area contributed by atoms with Gasteiger partial charge in [0.25, 0.3) is 0 Å². The van der Waals surface area contributed by atoms with Gasteiger partial charge < -0.3 is 4.84 Å². The number of hydroxylamine groups is 1. The Labute approximate surface area is 69.3 Å². The molecule has 11 heavy (non-hydrogen) atoms. The molecule has 0 amide bonds. The summed E-state index contributed by atoms with van der Waals surface area (Å²) in [5.74, 6) is 1.52. The molecule has 1 fully saturated rings. The van der Waals surface area contributed by atoms with E-state index in [0.717, 1.165) is 12.5 Å². The van der Waals surface area contributed by atoms with Crippen LogP contribution in [0, 0.1) is 11.8 Å². The maximum Gasteiger partial charge on any atom is 0.0705 e. The number of rotatable bonds is 4. The van der Waals surface area contributed by atoms with Gasteiger partial charge >= 0.3 is 0 Å². The fraction of sp³-hybridized carbons (Fsp3) is 1.00. The van der Waals surface area contributed by atoms with Crippen LogP contribution in [0.2, 0.25) is 0 Å². The topological polar surface area (TPSA) is 21.3 Å². The first kappa shape index (κ1) is 9.01. The Kier molecular flexibility index (Phi) is 3.34. The molecule has 1 aliphatic rings. The van der Waals surface area contributed by atoms with E-state index in [0.29, 0.717) is 12.0 Å². The van der Waals surface area contributed by atoms with Crippen molar-refractivity contribution >= 4 is 0 Å². The van der Waals surface area contributed by atoms with Crippen molar-refractivity contribution in [2.75, 3.05) is 6.61 Å². The SMILES string of the molecule is CC(C)CONC1CC(C)C1. The summed E-state index contributed by atoms with van der Waals surface area (Å²) in [6.45, 7) is 7.42. The standard InChI is InChI=1S/C9H19NO/c1-7(2)6-11-10-9-4-8(3)5-9/h7-10H,4-6H2,1-3H3. The van der Waals surface area contributed by atoms with Gasteiger partial charge in [-0.15, -0.1) is 0 Å². The summed E-state index contributed by atoms with van der Waals surface area (Å²) in [6.07, 6.45) is 2.55. The zero-order valence-electron chi connectivity index (χ0n) is 7.76. The average Bonchev–Trinajstić information content (AvgIpc) is 1.83. The van der Waals surface area contributed by atoms with E-state index >= 15 is 0 Å². The fourth-order valence-corrected chi connectivity index (χ4v) is 1.33. The lowest BCUT2D eigenvalue weighted by atomic mass is 9.82. The lowest BCUT2D eigenvalue weighted by molar-refractivity contribution is -0.0276. The van der Waals surface area contributed by atoms with Crippen LogP contribution in [-0.4, -0.2) is 12.6 Å². The molecular formula is C9H19NO.